The molecule has 0 spiro atoms. The predicted octanol–water partition coefficient (Wildman–Crippen LogP) is 2.74. The summed E-state index contributed by atoms with van der Waals surface area (Å²) in [6, 6.07) is 8.19. The van der Waals surface area contributed by atoms with Crippen molar-refractivity contribution in [1.82, 2.24) is 15.5 Å². The first kappa shape index (κ1) is 26.9. The van der Waals surface area contributed by atoms with Crippen molar-refractivity contribution < 1.29 is 14.2 Å². The van der Waals surface area contributed by atoms with Gasteiger partial charge in [-0.25, -0.2) is 0 Å². The van der Waals surface area contributed by atoms with Crippen LogP contribution >= 0.6 is 24.0 Å². The number of aliphatic imine (C=N–C) groups is 1. The minimum absolute atomic E-state index is 0. The molecule has 1 unspecified atom stereocenters. The van der Waals surface area contributed by atoms with E-state index in [-0.39, 0.29) is 35.5 Å². The standard InChI is InChI=1S/C22H38N4O3.HI/c1-22(2,3)20(27-5)17-25-21(23-4)24-16-18-7-6-8-19(15-18)29-14-11-26-9-12-28-13-10-26;/h6-8,15,20H,9-14,16-17H2,1-5H3,(H2,23,24,25);1H. The quantitative estimate of drug-likeness (QED) is 0.289. The molecule has 0 aromatic heterocycles. The number of halogens is 1. The largest absolute Gasteiger partial charge is 0.492 e. The molecule has 172 valence electrons. The van der Waals surface area contributed by atoms with Crippen molar-refractivity contribution in [1.29, 1.82) is 0 Å². The summed E-state index contributed by atoms with van der Waals surface area (Å²) < 4.78 is 16.9. The topological polar surface area (TPSA) is 67.4 Å². The van der Waals surface area contributed by atoms with Crippen LogP contribution in [0.5, 0.6) is 5.75 Å². The fraction of sp³-hybridized carbons (Fsp3) is 0.682. The number of rotatable bonds is 9. The summed E-state index contributed by atoms with van der Waals surface area (Å²) in [5.41, 5.74) is 1.21. The minimum Gasteiger partial charge on any atom is -0.492 e. The first-order valence-electron chi connectivity index (χ1n) is 10.4. The maximum atomic E-state index is 5.94. The Labute approximate surface area is 199 Å². The first-order chi connectivity index (χ1) is 13.9. The van der Waals surface area contributed by atoms with Crippen LogP contribution in [-0.4, -0.2) is 77.1 Å². The zero-order valence-corrected chi connectivity index (χ0v) is 21.4. The molecule has 0 saturated carbocycles. The predicted molar refractivity (Wildman–Crippen MR) is 133 cm³/mol. The Balaban J connectivity index is 0.00000450. The molecule has 0 bridgehead atoms. The van der Waals surface area contributed by atoms with E-state index >= 15 is 0 Å². The summed E-state index contributed by atoms with van der Waals surface area (Å²) in [6.45, 7) is 13.1. The lowest BCUT2D eigenvalue weighted by molar-refractivity contribution is 0.0205. The lowest BCUT2D eigenvalue weighted by Crippen LogP contribution is -2.45. The molecule has 1 fully saturated rings. The van der Waals surface area contributed by atoms with Gasteiger partial charge in [0.25, 0.3) is 0 Å². The van der Waals surface area contributed by atoms with Crippen molar-refractivity contribution in [2.75, 3.05) is 60.2 Å². The van der Waals surface area contributed by atoms with E-state index in [4.69, 9.17) is 14.2 Å². The smallest absolute Gasteiger partial charge is 0.191 e. The fourth-order valence-corrected chi connectivity index (χ4v) is 3.20. The second-order valence-corrected chi connectivity index (χ2v) is 8.35. The Kier molecular flexibility index (Phi) is 12.6. The third-order valence-corrected chi connectivity index (χ3v) is 5.07. The highest BCUT2D eigenvalue weighted by molar-refractivity contribution is 14.0. The lowest BCUT2D eigenvalue weighted by Gasteiger charge is -2.30. The fourth-order valence-electron chi connectivity index (χ4n) is 3.20. The van der Waals surface area contributed by atoms with Crippen molar-refractivity contribution in [3.63, 3.8) is 0 Å². The molecule has 0 aliphatic carbocycles. The molecule has 30 heavy (non-hydrogen) atoms. The van der Waals surface area contributed by atoms with Gasteiger partial charge < -0.3 is 24.8 Å². The minimum atomic E-state index is 0. The summed E-state index contributed by atoms with van der Waals surface area (Å²) in [4.78, 5) is 6.68. The van der Waals surface area contributed by atoms with Crippen LogP contribution in [0, 0.1) is 5.41 Å². The van der Waals surface area contributed by atoms with E-state index in [0.717, 1.165) is 50.1 Å². The highest BCUT2D eigenvalue weighted by atomic mass is 127. The Hall–Kier alpha value is -1.10. The third-order valence-electron chi connectivity index (χ3n) is 5.07. The number of methoxy groups -OCH3 is 1. The van der Waals surface area contributed by atoms with E-state index in [1.807, 2.05) is 12.1 Å². The Morgan fingerprint density at radius 3 is 2.60 bits per heavy atom. The van der Waals surface area contributed by atoms with Gasteiger partial charge in [-0.1, -0.05) is 32.9 Å². The molecule has 0 amide bonds. The monoisotopic (exact) mass is 534 g/mol. The van der Waals surface area contributed by atoms with Crippen molar-refractivity contribution in [3.05, 3.63) is 29.8 Å². The Bertz CT molecular complexity index is 631. The number of benzene rings is 1. The van der Waals surface area contributed by atoms with E-state index in [9.17, 15) is 0 Å². The molecule has 2 N–H and O–H groups in total. The summed E-state index contributed by atoms with van der Waals surface area (Å²) in [5.74, 6) is 1.66. The van der Waals surface area contributed by atoms with E-state index in [2.05, 4.69) is 53.4 Å². The van der Waals surface area contributed by atoms with Gasteiger partial charge in [0.15, 0.2) is 5.96 Å². The molecule has 8 heteroatoms. The zero-order valence-electron chi connectivity index (χ0n) is 19.1. The number of hydrogen-bond acceptors (Lipinski definition) is 5. The average Bonchev–Trinajstić information content (AvgIpc) is 2.71. The van der Waals surface area contributed by atoms with Crippen molar-refractivity contribution in [2.45, 2.75) is 33.4 Å². The number of nitrogens with zero attached hydrogens (tertiary/aromatic N) is 2. The van der Waals surface area contributed by atoms with E-state index in [1.165, 1.54) is 0 Å². The molecule has 1 saturated heterocycles. The highest BCUT2D eigenvalue weighted by Crippen LogP contribution is 2.21. The van der Waals surface area contributed by atoms with Crippen LogP contribution in [0.2, 0.25) is 0 Å². The van der Waals surface area contributed by atoms with Gasteiger partial charge in [-0.2, -0.15) is 0 Å². The van der Waals surface area contributed by atoms with Crippen molar-refractivity contribution >= 4 is 29.9 Å². The van der Waals surface area contributed by atoms with Gasteiger partial charge in [0, 0.05) is 46.9 Å². The van der Waals surface area contributed by atoms with E-state index in [0.29, 0.717) is 19.7 Å². The molecule has 7 nitrogen and oxygen atoms in total. The molecule has 1 aliphatic heterocycles. The lowest BCUT2D eigenvalue weighted by atomic mass is 9.89. The second-order valence-electron chi connectivity index (χ2n) is 8.35. The number of guanidine groups is 1. The van der Waals surface area contributed by atoms with Crippen LogP contribution in [0.1, 0.15) is 26.3 Å². The summed E-state index contributed by atoms with van der Waals surface area (Å²) in [5, 5.41) is 6.71. The first-order valence-corrected chi connectivity index (χ1v) is 10.4. The number of nitrogens with one attached hydrogen (secondary N) is 2. The third kappa shape index (κ3) is 9.80. The maximum Gasteiger partial charge on any atom is 0.191 e. The van der Waals surface area contributed by atoms with Crippen LogP contribution in [0.3, 0.4) is 0 Å². The van der Waals surface area contributed by atoms with Crippen molar-refractivity contribution in [3.8, 4) is 5.75 Å². The molecule has 1 heterocycles. The molecule has 1 aromatic carbocycles. The van der Waals surface area contributed by atoms with Crippen LogP contribution in [0.15, 0.2) is 29.3 Å². The Morgan fingerprint density at radius 1 is 1.23 bits per heavy atom. The molecule has 1 aliphatic rings. The summed E-state index contributed by atoms with van der Waals surface area (Å²) in [6.07, 6.45) is 0.101. The second kappa shape index (κ2) is 14.1. The molecule has 1 aromatic rings. The van der Waals surface area contributed by atoms with Gasteiger partial charge in [0.2, 0.25) is 0 Å². The Morgan fingerprint density at radius 2 is 1.97 bits per heavy atom. The SMILES string of the molecule is CN=C(NCc1cccc(OCCN2CCOCC2)c1)NCC(OC)C(C)(C)C.I. The average molecular weight is 534 g/mol. The van der Waals surface area contributed by atoms with Crippen LogP contribution in [0.25, 0.3) is 0 Å². The summed E-state index contributed by atoms with van der Waals surface area (Å²) in [7, 11) is 3.53. The number of hydrogen-bond donors (Lipinski definition) is 2. The number of ether oxygens (including phenoxy) is 3. The van der Waals surface area contributed by atoms with Gasteiger partial charge in [0.05, 0.1) is 19.3 Å². The molecule has 0 radical (unpaired) electrons. The van der Waals surface area contributed by atoms with Crippen LogP contribution in [0.4, 0.5) is 0 Å². The zero-order chi connectivity index (χ0) is 21.1. The highest BCUT2D eigenvalue weighted by Gasteiger charge is 2.24. The summed E-state index contributed by atoms with van der Waals surface area (Å²) >= 11 is 0. The molecular weight excluding hydrogens is 495 g/mol. The molecule has 2 rings (SSSR count). The van der Waals surface area contributed by atoms with Crippen LogP contribution < -0.4 is 15.4 Å². The number of morpholine rings is 1. The van der Waals surface area contributed by atoms with Gasteiger partial charge in [-0.15, -0.1) is 24.0 Å². The molecule has 1 atom stereocenters. The van der Waals surface area contributed by atoms with E-state index < -0.39 is 0 Å². The van der Waals surface area contributed by atoms with Gasteiger partial charge in [-0.05, 0) is 23.1 Å². The van der Waals surface area contributed by atoms with Gasteiger partial charge >= 0.3 is 0 Å². The van der Waals surface area contributed by atoms with Crippen LogP contribution in [-0.2, 0) is 16.0 Å². The van der Waals surface area contributed by atoms with Crippen molar-refractivity contribution in [2.24, 2.45) is 10.4 Å². The van der Waals surface area contributed by atoms with E-state index in [1.54, 1.807) is 14.2 Å². The molecular formula is C22H39IN4O3. The van der Waals surface area contributed by atoms with Gasteiger partial charge in [0.1, 0.15) is 12.4 Å². The maximum absolute atomic E-state index is 5.94. The normalized spacial score (nSPS) is 16.5. The van der Waals surface area contributed by atoms with Gasteiger partial charge in [-0.3, -0.25) is 9.89 Å².